The van der Waals surface area contributed by atoms with Crippen LogP contribution in [0.15, 0.2) is 78.9 Å². The van der Waals surface area contributed by atoms with Crippen molar-refractivity contribution in [2.24, 2.45) is 0 Å². The lowest BCUT2D eigenvalue weighted by molar-refractivity contribution is 0.465. The summed E-state index contributed by atoms with van der Waals surface area (Å²) in [6.07, 6.45) is 0. The molecule has 0 unspecified atom stereocenters. The topological polar surface area (TPSA) is 18.5 Å². The van der Waals surface area contributed by atoms with Crippen molar-refractivity contribution in [3.63, 3.8) is 0 Å². The summed E-state index contributed by atoms with van der Waals surface area (Å²) in [6.45, 7) is 0. The van der Waals surface area contributed by atoms with Crippen molar-refractivity contribution < 1.29 is 9.47 Å². The number of halogens is 1. The maximum Gasteiger partial charge on any atom is 0.132 e. The minimum atomic E-state index is 0.355. The number of hydrogen-bond donors (Lipinski definition) is 0. The average molecular weight is 311 g/mol. The molecule has 0 aromatic heterocycles. The van der Waals surface area contributed by atoms with Crippen LogP contribution in [0.3, 0.4) is 0 Å². The zero-order valence-electron chi connectivity index (χ0n) is 11.9. The number of benzene rings is 3. The summed E-state index contributed by atoms with van der Waals surface area (Å²) in [5.74, 6) is 3.41. The molecular weight excluding hydrogens is 296 g/mol. The molecule has 0 saturated heterocycles. The van der Waals surface area contributed by atoms with Crippen LogP contribution in [0.25, 0.3) is 0 Å². The van der Waals surface area contributed by atoms with Gasteiger partial charge in [0.2, 0.25) is 0 Å². The first-order valence-electron chi connectivity index (χ1n) is 7.00. The fourth-order valence-corrected chi connectivity index (χ4v) is 2.27. The molecule has 0 aliphatic carbocycles. The van der Waals surface area contributed by atoms with Gasteiger partial charge in [-0.1, -0.05) is 36.4 Å². The standard InChI is InChI=1S/C19H15ClO2/c20-14-15-13-18(21-16-7-3-1-4-8-16)11-12-19(15)22-17-9-5-2-6-10-17/h1-13H,14H2. The first-order valence-corrected chi connectivity index (χ1v) is 7.53. The fourth-order valence-electron chi connectivity index (χ4n) is 2.06. The van der Waals surface area contributed by atoms with Crippen LogP contribution < -0.4 is 9.47 Å². The van der Waals surface area contributed by atoms with E-state index in [2.05, 4.69) is 0 Å². The first-order chi connectivity index (χ1) is 10.8. The molecule has 3 aromatic carbocycles. The van der Waals surface area contributed by atoms with E-state index in [1.165, 1.54) is 0 Å². The Morgan fingerprint density at radius 2 is 1.23 bits per heavy atom. The smallest absolute Gasteiger partial charge is 0.132 e. The van der Waals surface area contributed by atoms with Gasteiger partial charge in [0.15, 0.2) is 0 Å². The zero-order valence-corrected chi connectivity index (χ0v) is 12.7. The molecule has 0 atom stereocenters. The monoisotopic (exact) mass is 310 g/mol. The highest BCUT2D eigenvalue weighted by Crippen LogP contribution is 2.31. The Morgan fingerprint density at radius 1 is 0.636 bits per heavy atom. The van der Waals surface area contributed by atoms with E-state index < -0.39 is 0 Å². The molecule has 0 spiro atoms. The molecule has 0 bridgehead atoms. The van der Waals surface area contributed by atoms with Crippen molar-refractivity contribution >= 4 is 11.6 Å². The second-order valence-electron chi connectivity index (χ2n) is 4.73. The van der Waals surface area contributed by atoms with E-state index in [4.69, 9.17) is 21.1 Å². The van der Waals surface area contributed by atoms with Gasteiger partial charge in [-0.25, -0.2) is 0 Å². The van der Waals surface area contributed by atoms with E-state index in [9.17, 15) is 0 Å². The van der Waals surface area contributed by atoms with Crippen LogP contribution in [0.5, 0.6) is 23.0 Å². The summed E-state index contributed by atoms with van der Waals surface area (Å²) in [6, 6.07) is 24.9. The molecule has 3 heteroatoms. The average Bonchev–Trinajstić information content (AvgIpc) is 2.58. The Bertz CT molecular complexity index is 727. The van der Waals surface area contributed by atoms with E-state index in [-0.39, 0.29) is 0 Å². The zero-order chi connectivity index (χ0) is 15.2. The van der Waals surface area contributed by atoms with Crippen molar-refractivity contribution in [1.82, 2.24) is 0 Å². The Labute approximate surface area is 134 Å². The maximum atomic E-state index is 6.04. The van der Waals surface area contributed by atoms with Crippen LogP contribution in [-0.2, 0) is 5.88 Å². The molecule has 0 fully saturated rings. The van der Waals surface area contributed by atoms with Crippen molar-refractivity contribution in [3.05, 3.63) is 84.4 Å². The molecular formula is C19H15ClO2. The molecule has 0 N–H and O–H groups in total. The number of hydrogen-bond acceptors (Lipinski definition) is 2. The lowest BCUT2D eigenvalue weighted by atomic mass is 10.2. The summed E-state index contributed by atoms with van der Waals surface area (Å²) in [4.78, 5) is 0. The van der Waals surface area contributed by atoms with Crippen molar-refractivity contribution in [1.29, 1.82) is 0 Å². The van der Waals surface area contributed by atoms with Crippen LogP contribution in [-0.4, -0.2) is 0 Å². The summed E-state index contributed by atoms with van der Waals surface area (Å²) in [5, 5.41) is 0. The molecule has 22 heavy (non-hydrogen) atoms. The quantitative estimate of drug-likeness (QED) is 0.537. The van der Waals surface area contributed by atoms with Gasteiger partial charge in [0.1, 0.15) is 23.0 Å². The molecule has 3 aromatic rings. The van der Waals surface area contributed by atoms with Crippen molar-refractivity contribution in [3.8, 4) is 23.0 Å². The van der Waals surface area contributed by atoms with E-state index in [0.717, 1.165) is 28.6 Å². The predicted molar refractivity (Wildman–Crippen MR) is 89.0 cm³/mol. The molecule has 110 valence electrons. The largest absolute Gasteiger partial charge is 0.457 e. The van der Waals surface area contributed by atoms with Gasteiger partial charge in [0.05, 0.1) is 5.88 Å². The Balaban J connectivity index is 1.81. The van der Waals surface area contributed by atoms with Crippen LogP contribution in [0.4, 0.5) is 0 Å². The number of ether oxygens (including phenoxy) is 2. The van der Waals surface area contributed by atoms with Gasteiger partial charge in [-0.15, -0.1) is 11.6 Å². The van der Waals surface area contributed by atoms with Gasteiger partial charge < -0.3 is 9.47 Å². The number of alkyl halides is 1. The molecule has 0 aliphatic heterocycles. The van der Waals surface area contributed by atoms with Gasteiger partial charge >= 0.3 is 0 Å². The highest BCUT2D eigenvalue weighted by Gasteiger charge is 2.07. The van der Waals surface area contributed by atoms with Crippen LogP contribution in [0.1, 0.15) is 5.56 Å². The van der Waals surface area contributed by atoms with Gasteiger partial charge in [-0.3, -0.25) is 0 Å². The normalized spacial score (nSPS) is 10.2. The highest BCUT2D eigenvalue weighted by atomic mass is 35.5. The van der Waals surface area contributed by atoms with Crippen LogP contribution >= 0.6 is 11.6 Å². The van der Waals surface area contributed by atoms with Gasteiger partial charge in [-0.05, 0) is 42.5 Å². The third-order valence-corrected chi connectivity index (χ3v) is 3.41. The predicted octanol–water partition coefficient (Wildman–Crippen LogP) is 6.01. The van der Waals surface area contributed by atoms with E-state index >= 15 is 0 Å². The van der Waals surface area contributed by atoms with Gasteiger partial charge in [0.25, 0.3) is 0 Å². The lowest BCUT2D eigenvalue weighted by Gasteiger charge is -2.12. The van der Waals surface area contributed by atoms with E-state index in [0.29, 0.717) is 5.88 Å². The summed E-state index contributed by atoms with van der Waals surface area (Å²) in [5.41, 5.74) is 0.888. The maximum absolute atomic E-state index is 6.04. The molecule has 0 saturated carbocycles. The SMILES string of the molecule is ClCc1cc(Oc2ccccc2)ccc1Oc1ccccc1. The van der Waals surface area contributed by atoms with E-state index in [1.807, 2.05) is 78.9 Å². The molecule has 3 rings (SSSR count). The third-order valence-electron chi connectivity index (χ3n) is 3.13. The second kappa shape index (κ2) is 7.01. The van der Waals surface area contributed by atoms with Gasteiger partial charge in [0, 0.05) is 5.56 Å². The Hall–Kier alpha value is -2.45. The number of rotatable bonds is 5. The van der Waals surface area contributed by atoms with E-state index in [1.54, 1.807) is 0 Å². The molecule has 0 heterocycles. The molecule has 0 aliphatic rings. The van der Waals surface area contributed by atoms with Gasteiger partial charge in [-0.2, -0.15) is 0 Å². The fraction of sp³-hybridized carbons (Fsp3) is 0.0526. The summed E-state index contributed by atoms with van der Waals surface area (Å²) < 4.78 is 11.7. The minimum absolute atomic E-state index is 0.355. The van der Waals surface area contributed by atoms with Crippen molar-refractivity contribution in [2.45, 2.75) is 5.88 Å². The van der Waals surface area contributed by atoms with Crippen LogP contribution in [0, 0.1) is 0 Å². The molecule has 2 nitrogen and oxygen atoms in total. The minimum Gasteiger partial charge on any atom is -0.457 e. The summed E-state index contributed by atoms with van der Waals surface area (Å²) in [7, 11) is 0. The molecule has 0 amide bonds. The lowest BCUT2D eigenvalue weighted by Crippen LogP contribution is -1.91. The molecule has 0 radical (unpaired) electrons. The third kappa shape index (κ3) is 3.60. The first kappa shape index (κ1) is 14.5. The number of para-hydroxylation sites is 2. The Morgan fingerprint density at radius 3 is 1.82 bits per heavy atom. The van der Waals surface area contributed by atoms with Crippen molar-refractivity contribution in [2.75, 3.05) is 0 Å². The Kier molecular flexibility index (Phi) is 4.62. The van der Waals surface area contributed by atoms with Crippen LogP contribution in [0.2, 0.25) is 0 Å². The second-order valence-corrected chi connectivity index (χ2v) is 5.00. The summed E-state index contributed by atoms with van der Waals surface area (Å²) >= 11 is 6.04. The highest BCUT2D eigenvalue weighted by molar-refractivity contribution is 6.17.